The third kappa shape index (κ3) is 6.69. The Morgan fingerprint density at radius 1 is 0.906 bits per heavy atom. The Morgan fingerprint density at radius 3 is 2.03 bits per heavy atom. The second-order valence-electron chi connectivity index (χ2n) is 8.24. The van der Waals surface area contributed by atoms with Crippen LogP contribution in [0.5, 0.6) is 0 Å². The SMILES string of the molecule is COC(=O)c1ccc(NC(=O)c2ccc([N+](=O)[O-])c(NCC(C)C)c2)c(NCC(C)C)c1. The first-order chi connectivity index (χ1) is 15.1. The minimum atomic E-state index is -0.482. The molecule has 1 amide bonds. The maximum Gasteiger partial charge on any atom is 0.337 e. The monoisotopic (exact) mass is 442 g/mol. The number of carbonyl (C=O) groups excluding carboxylic acids is 2. The summed E-state index contributed by atoms with van der Waals surface area (Å²) in [4.78, 5) is 35.7. The highest BCUT2D eigenvalue weighted by Crippen LogP contribution is 2.28. The zero-order valence-corrected chi connectivity index (χ0v) is 19.0. The number of ether oxygens (including phenoxy) is 1. The van der Waals surface area contributed by atoms with Crippen LogP contribution in [-0.4, -0.2) is 37.0 Å². The molecule has 3 N–H and O–H groups in total. The van der Waals surface area contributed by atoms with Crippen LogP contribution in [0.15, 0.2) is 36.4 Å². The summed E-state index contributed by atoms with van der Waals surface area (Å²) in [5, 5.41) is 20.4. The van der Waals surface area contributed by atoms with Gasteiger partial charge in [-0.3, -0.25) is 14.9 Å². The summed E-state index contributed by atoms with van der Waals surface area (Å²) in [6.07, 6.45) is 0. The number of anilines is 3. The van der Waals surface area contributed by atoms with E-state index in [1.165, 1.54) is 25.3 Å². The van der Waals surface area contributed by atoms with Gasteiger partial charge in [0.15, 0.2) is 0 Å². The van der Waals surface area contributed by atoms with E-state index in [4.69, 9.17) is 4.74 Å². The maximum atomic E-state index is 12.9. The number of amides is 1. The van der Waals surface area contributed by atoms with Crippen molar-refractivity contribution in [2.75, 3.05) is 36.1 Å². The number of nitrogens with zero attached hydrogens (tertiary/aromatic N) is 1. The van der Waals surface area contributed by atoms with Crippen molar-refractivity contribution in [2.45, 2.75) is 27.7 Å². The molecule has 0 spiro atoms. The highest BCUT2D eigenvalue weighted by atomic mass is 16.6. The number of nitro groups is 1. The Bertz CT molecular complexity index is 988. The third-order valence-electron chi connectivity index (χ3n) is 4.55. The lowest BCUT2D eigenvalue weighted by Gasteiger charge is -2.16. The van der Waals surface area contributed by atoms with Crippen molar-refractivity contribution in [1.82, 2.24) is 0 Å². The van der Waals surface area contributed by atoms with E-state index < -0.39 is 16.8 Å². The van der Waals surface area contributed by atoms with Crippen LogP contribution in [0.3, 0.4) is 0 Å². The van der Waals surface area contributed by atoms with E-state index in [0.29, 0.717) is 35.9 Å². The minimum Gasteiger partial charge on any atom is -0.465 e. The lowest BCUT2D eigenvalue weighted by Crippen LogP contribution is -2.17. The average Bonchev–Trinajstić information content (AvgIpc) is 2.75. The van der Waals surface area contributed by atoms with Gasteiger partial charge in [-0.05, 0) is 42.2 Å². The standard InChI is InChI=1S/C23H30N4O5/c1-14(2)12-24-19-11-17(23(29)32-5)6-8-18(19)26-22(28)16-7-9-21(27(30)31)20(10-16)25-13-15(3)4/h6-11,14-15,24-25H,12-13H2,1-5H3,(H,26,28). The second kappa shape index (κ2) is 11.1. The molecule has 32 heavy (non-hydrogen) atoms. The van der Waals surface area contributed by atoms with Gasteiger partial charge in [0.05, 0.1) is 29.0 Å². The predicted octanol–water partition coefficient (Wildman–Crippen LogP) is 4.77. The highest BCUT2D eigenvalue weighted by Gasteiger charge is 2.18. The second-order valence-corrected chi connectivity index (χ2v) is 8.24. The molecular weight excluding hydrogens is 412 g/mol. The summed E-state index contributed by atoms with van der Waals surface area (Å²) >= 11 is 0. The Hall–Kier alpha value is -3.62. The van der Waals surface area contributed by atoms with Crippen LogP contribution in [0.1, 0.15) is 48.4 Å². The van der Waals surface area contributed by atoms with E-state index in [2.05, 4.69) is 16.0 Å². The van der Waals surface area contributed by atoms with Crippen LogP contribution in [0, 0.1) is 22.0 Å². The molecule has 0 aliphatic rings. The quantitative estimate of drug-likeness (QED) is 0.275. The molecule has 0 atom stereocenters. The number of hydrogen-bond acceptors (Lipinski definition) is 7. The van der Waals surface area contributed by atoms with Crippen LogP contribution in [-0.2, 0) is 4.74 Å². The van der Waals surface area contributed by atoms with Crippen molar-refractivity contribution in [3.8, 4) is 0 Å². The van der Waals surface area contributed by atoms with Crippen molar-refractivity contribution < 1.29 is 19.2 Å². The van der Waals surface area contributed by atoms with Gasteiger partial charge in [-0.15, -0.1) is 0 Å². The van der Waals surface area contributed by atoms with Gasteiger partial charge in [-0.25, -0.2) is 4.79 Å². The fourth-order valence-electron chi connectivity index (χ4n) is 2.85. The molecule has 0 saturated heterocycles. The topological polar surface area (TPSA) is 123 Å². The molecule has 2 aromatic carbocycles. The van der Waals surface area contributed by atoms with Gasteiger partial charge in [0.1, 0.15) is 5.69 Å². The van der Waals surface area contributed by atoms with E-state index in [1.807, 2.05) is 27.7 Å². The molecule has 9 nitrogen and oxygen atoms in total. The summed E-state index contributed by atoms with van der Waals surface area (Å²) in [5.41, 5.74) is 1.88. The smallest absolute Gasteiger partial charge is 0.337 e. The van der Waals surface area contributed by atoms with E-state index in [0.717, 1.165) is 0 Å². The normalized spacial score (nSPS) is 10.7. The molecule has 0 radical (unpaired) electrons. The lowest BCUT2D eigenvalue weighted by atomic mass is 10.1. The molecule has 0 aliphatic heterocycles. The van der Waals surface area contributed by atoms with Crippen LogP contribution >= 0.6 is 0 Å². The van der Waals surface area contributed by atoms with Crippen LogP contribution in [0.25, 0.3) is 0 Å². The molecule has 0 unspecified atom stereocenters. The number of rotatable bonds is 10. The number of benzene rings is 2. The van der Waals surface area contributed by atoms with Crippen LogP contribution in [0.2, 0.25) is 0 Å². The molecule has 9 heteroatoms. The first-order valence-corrected chi connectivity index (χ1v) is 10.4. The van der Waals surface area contributed by atoms with Gasteiger partial charge in [-0.1, -0.05) is 27.7 Å². The first kappa shape index (κ1) is 24.6. The zero-order chi connectivity index (χ0) is 23.8. The fraction of sp³-hybridized carbons (Fsp3) is 0.391. The number of nitrogens with one attached hydrogen (secondary N) is 3. The van der Waals surface area contributed by atoms with E-state index in [-0.39, 0.29) is 22.9 Å². The van der Waals surface area contributed by atoms with Crippen molar-refractivity contribution in [1.29, 1.82) is 0 Å². The zero-order valence-electron chi connectivity index (χ0n) is 19.0. The number of methoxy groups -OCH3 is 1. The average molecular weight is 443 g/mol. The molecule has 2 rings (SSSR count). The third-order valence-corrected chi connectivity index (χ3v) is 4.55. The fourth-order valence-corrected chi connectivity index (χ4v) is 2.85. The molecule has 172 valence electrons. The Labute approximate surface area is 187 Å². The van der Waals surface area contributed by atoms with E-state index >= 15 is 0 Å². The van der Waals surface area contributed by atoms with E-state index in [9.17, 15) is 19.7 Å². The van der Waals surface area contributed by atoms with Gasteiger partial charge in [-0.2, -0.15) is 0 Å². The number of esters is 1. The lowest BCUT2D eigenvalue weighted by molar-refractivity contribution is -0.384. The number of hydrogen-bond donors (Lipinski definition) is 3. The van der Waals surface area contributed by atoms with Gasteiger partial charge >= 0.3 is 5.97 Å². The molecule has 0 bridgehead atoms. The predicted molar refractivity (Wildman–Crippen MR) is 125 cm³/mol. The molecule has 0 fully saturated rings. The summed E-state index contributed by atoms with van der Waals surface area (Å²) in [6, 6.07) is 9.01. The maximum absolute atomic E-state index is 12.9. The summed E-state index contributed by atoms with van der Waals surface area (Å²) in [6.45, 7) is 9.21. The highest BCUT2D eigenvalue weighted by molar-refractivity contribution is 6.07. The summed E-state index contributed by atoms with van der Waals surface area (Å²) in [5.74, 6) is -0.294. The molecule has 0 heterocycles. The van der Waals surface area contributed by atoms with Gasteiger partial charge in [0.25, 0.3) is 11.6 Å². The van der Waals surface area contributed by atoms with Crippen molar-refractivity contribution in [3.05, 3.63) is 57.6 Å². The van der Waals surface area contributed by atoms with Gasteiger partial charge < -0.3 is 20.7 Å². The summed E-state index contributed by atoms with van der Waals surface area (Å²) < 4.78 is 4.77. The molecule has 0 saturated carbocycles. The van der Waals surface area contributed by atoms with Crippen molar-refractivity contribution >= 4 is 34.6 Å². The van der Waals surface area contributed by atoms with E-state index in [1.54, 1.807) is 18.2 Å². The van der Waals surface area contributed by atoms with Crippen molar-refractivity contribution in [2.24, 2.45) is 11.8 Å². The summed E-state index contributed by atoms with van der Waals surface area (Å²) in [7, 11) is 1.30. The van der Waals surface area contributed by atoms with Crippen LogP contribution < -0.4 is 16.0 Å². The minimum absolute atomic E-state index is 0.0936. The Morgan fingerprint density at radius 2 is 1.47 bits per heavy atom. The molecular formula is C23H30N4O5. The Balaban J connectivity index is 2.33. The molecule has 0 aliphatic carbocycles. The molecule has 0 aromatic heterocycles. The van der Waals surface area contributed by atoms with Crippen molar-refractivity contribution in [3.63, 3.8) is 0 Å². The van der Waals surface area contributed by atoms with Gasteiger partial charge in [0.2, 0.25) is 0 Å². The number of nitro benzene ring substituents is 1. The molecule has 2 aromatic rings. The number of carbonyl (C=O) groups is 2. The largest absolute Gasteiger partial charge is 0.465 e. The van der Waals surface area contributed by atoms with Gasteiger partial charge in [0, 0.05) is 24.7 Å². The van der Waals surface area contributed by atoms with Crippen LogP contribution in [0.4, 0.5) is 22.7 Å². The first-order valence-electron chi connectivity index (χ1n) is 10.4. The Kier molecular flexibility index (Phi) is 8.57.